The molecule has 2 aliphatic heterocycles. The zero-order valence-corrected chi connectivity index (χ0v) is 21.4. The summed E-state index contributed by atoms with van der Waals surface area (Å²) in [6.45, 7) is 0.430. The van der Waals surface area contributed by atoms with Crippen LogP contribution < -0.4 is 0 Å². The summed E-state index contributed by atoms with van der Waals surface area (Å²) in [6, 6.07) is 10.5. The molecule has 0 radical (unpaired) electrons. The first kappa shape index (κ1) is 28.0. The fraction of sp³-hybridized carbons (Fsp3) is 0.250. The predicted octanol–water partition coefficient (Wildman–Crippen LogP) is 3.31. The van der Waals surface area contributed by atoms with Gasteiger partial charge in [0.2, 0.25) is 5.91 Å². The maximum Gasteiger partial charge on any atom is 0.512 e. The highest BCUT2D eigenvalue weighted by atomic mass is 32.2. The number of carbonyl (C=O) groups is 4. The van der Waals surface area contributed by atoms with E-state index in [0.29, 0.717) is 11.1 Å². The number of benzene rings is 2. The van der Waals surface area contributed by atoms with Gasteiger partial charge in [0.05, 0.1) is 26.5 Å². The number of hydrogen-bond donors (Lipinski definition) is 0. The van der Waals surface area contributed by atoms with E-state index in [1.165, 1.54) is 48.5 Å². The van der Waals surface area contributed by atoms with Crippen LogP contribution in [0.5, 0.6) is 0 Å². The van der Waals surface area contributed by atoms with Crippen molar-refractivity contribution in [3.63, 3.8) is 0 Å². The van der Waals surface area contributed by atoms with Gasteiger partial charge in [-0.25, -0.2) is 9.59 Å². The summed E-state index contributed by atoms with van der Waals surface area (Å²) in [5, 5.41) is 21.1. The van der Waals surface area contributed by atoms with Crippen LogP contribution in [-0.4, -0.2) is 50.4 Å². The molecule has 0 N–H and O–H groups in total. The first-order valence-electron chi connectivity index (χ1n) is 11.4. The Labute approximate surface area is 228 Å². The summed E-state index contributed by atoms with van der Waals surface area (Å²) in [6.07, 6.45) is -2.95. The number of β-lactam (4-membered cyclic amide) rings is 1. The molecular formula is C24H19N3O12S. The van der Waals surface area contributed by atoms with Crippen molar-refractivity contribution < 1.29 is 48.0 Å². The van der Waals surface area contributed by atoms with Crippen LogP contribution in [0, 0.1) is 20.2 Å². The molecule has 2 aromatic rings. The lowest BCUT2D eigenvalue weighted by Gasteiger charge is -2.34. The SMILES string of the molecule is CC(=O)OC(OC(=O)OCc1ccc([N+](=O)[O-])cc1)C1=C(C(=O)OCc2ccc([N+](=O)[O-])cc2)N2C(=O)C[C@@H]2S1. The second kappa shape index (κ2) is 11.8. The van der Waals surface area contributed by atoms with E-state index in [0.717, 1.165) is 23.6 Å². The van der Waals surface area contributed by atoms with Gasteiger partial charge in [-0.15, -0.1) is 0 Å². The standard InChI is InChI=1S/C24H19N3O12S/c1-13(28)38-23(39-24(31)37-12-15-4-8-17(9-5-15)27(34)35)21-20(25-18(29)10-19(25)40-21)22(30)36-11-14-2-6-16(7-3-14)26(32)33/h2-9,19,23H,10-12H2,1H3/t19-,23?/m0/s1. The maximum absolute atomic E-state index is 13.0. The van der Waals surface area contributed by atoms with Crippen molar-refractivity contribution >= 4 is 47.1 Å². The maximum atomic E-state index is 13.0. The largest absolute Gasteiger partial charge is 0.512 e. The monoisotopic (exact) mass is 573 g/mol. The molecule has 0 bridgehead atoms. The number of carbonyl (C=O) groups excluding carboxylic acids is 4. The summed E-state index contributed by atoms with van der Waals surface area (Å²) < 4.78 is 20.6. The smallest absolute Gasteiger partial charge is 0.456 e. The lowest BCUT2D eigenvalue weighted by atomic mass is 10.1. The number of thioether (sulfide) groups is 1. The van der Waals surface area contributed by atoms with E-state index in [-0.39, 0.29) is 41.6 Å². The number of non-ortho nitro benzene ring substituents is 2. The normalized spacial score (nSPS) is 16.4. The van der Waals surface area contributed by atoms with Crippen LogP contribution in [0.3, 0.4) is 0 Å². The average Bonchev–Trinajstić information content (AvgIpc) is 3.23. The summed E-state index contributed by atoms with van der Waals surface area (Å²) in [5.41, 5.74) is 0.261. The Kier molecular flexibility index (Phi) is 8.28. The number of esters is 2. The molecule has 2 aliphatic rings. The zero-order valence-electron chi connectivity index (χ0n) is 20.5. The Hall–Kier alpha value is -4.99. The number of rotatable bonds is 10. The van der Waals surface area contributed by atoms with Gasteiger partial charge in [0.15, 0.2) is 0 Å². The number of nitrogens with zero attached hydrogens (tertiary/aromatic N) is 3. The number of amides is 1. The lowest BCUT2D eigenvalue weighted by molar-refractivity contribution is -0.385. The number of ether oxygens (including phenoxy) is 4. The molecule has 0 saturated carbocycles. The summed E-state index contributed by atoms with van der Waals surface area (Å²) in [7, 11) is 0. The van der Waals surface area contributed by atoms with Gasteiger partial charge in [-0.2, -0.15) is 0 Å². The van der Waals surface area contributed by atoms with E-state index in [1.807, 2.05) is 0 Å². The van der Waals surface area contributed by atoms with Gasteiger partial charge in [0, 0.05) is 31.2 Å². The number of nitro groups is 2. The second-order valence-electron chi connectivity index (χ2n) is 8.27. The van der Waals surface area contributed by atoms with Gasteiger partial charge in [0.1, 0.15) is 18.9 Å². The molecule has 2 aromatic carbocycles. The number of hydrogen-bond acceptors (Lipinski definition) is 13. The lowest BCUT2D eigenvalue weighted by Crippen LogP contribution is -2.48. The van der Waals surface area contributed by atoms with Crippen molar-refractivity contribution in [3.8, 4) is 0 Å². The van der Waals surface area contributed by atoms with Crippen molar-refractivity contribution in [2.75, 3.05) is 0 Å². The van der Waals surface area contributed by atoms with Gasteiger partial charge >= 0.3 is 18.1 Å². The molecule has 1 unspecified atom stereocenters. The van der Waals surface area contributed by atoms with Crippen molar-refractivity contribution in [2.45, 2.75) is 38.2 Å². The van der Waals surface area contributed by atoms with Crippen LogP contribution in [0.15, 0.2) is 59.1 Å². The van der Waals surface area contributed by atoms with E-state index in [4.69, 9.17) is 18.9 Å². The molecule has 40 heavy (non-hydrogen) atoms. The fourth-order valence-corrected chi connectivity index (χ4v) is 4.98. The van der Waals surface area contributed by atoms with Crippen LogP contribution in [0.25, 0.3) is 0 Å². The Morgan fingerprint density at radius 2 is 1.45 bits per heavy atom. The molecule has 1 saturated heterocycles. The van der Waals surface area contributed by atoms with Crippen molar-refractivity contribution in [2.24, 2.45) is 0 Å². The molecule has 0 aliphatic carbocycles. The predicted molar refractivity (Wildman–Crippen MR) is 133 cm³/mol. The van der Waals surface area contributed by atoms with Gasteiger partial charge < -0.3 is 18.9 Å². The van der Waals surface area contributed by atoms with E-state index >= 15 is 0 Å². The quantitative estimate of drug-likeness (QED) is 0.100. The van der Waals surface area contributed by atoms with E-state index in [1.54, 1.807) is 0 Å². The molecule has 16 heteroatoms. The molecule has 4 rings (SSSR count). The third-order valence-electron chi connectivity index (χ3n) is 5.55. The Bertz CT molecular complexity index is 1410. The minimum atomic E-state index is -1.74. The molecule has 0 aromatic heterocycles. The first-order chi connectivity index (χ1) is 19.0. The van der Waals surface area contributed by atoms with Crippen LogP contribution in [0.4, 0.5) is 16.2 Å². The highest BCUT2D eigenvalue weighted by molar-refractivity contribution is 8.04. The van der Waals surface area contributed by atoms with Crippen LogP contribution in [-0.2, 0) is 46.5 Å². The van der Waals surface area contributed by atoms with Gasteiger partial charge in [0.25, 0.3) is 17.7 Å². The van der Waals surface area contributed by atoms with Crippen molar-refractivity contribution in [1.29, 1.82) is 0 Å². The van der Waals surface area contributed by atoms with E-state index in [9.17, 15) is 39.4 Å². The van der Waals surface area contributed by atoms with Gasteiger partial charge in [-0.3, -0.25) is 34.7 Å². The molecule has 1 amide bonds. The minimum Gasteiger partial charge on any atom is -0.456 e. The fourth-order valence-electron chi connectivity index (χ4n) is 3.63. The van der Waals surface area contributed by atoms with E-state index in [2.05, 4.69) is 0 Å². The second-order valence-corrected chi connectivity index (χ2v) is 9.49. The minimum absolute atomic E-state index is 0.0629. The molecule has 2 atom stereocenters. The summed E-state index contributed by atoms with van der Waals surface area (Å²) >= 11 is 0.973. The number of nitro benzene ring substituents is 2. The highest BCUT2D eigenvalue weighted by Crippen LogP contribution is 2.48. The highest BCUT2D eigenvalue weighted by Gasteiger charge is 2.52. The Morgan fingerprint density at radius 3 is 1.93 bits per heavy atom. The van der Waals surface area contributed by atoms with E-state index < -0.39 is 45.5 Å². The molecule has 1 fully saturated rings. The summed E-state index contributed by atoms with van der Waals surface area (Å²) in [4.78, 5) is 71.0. The molecule has 2 heterocycles. The Morgan fingerprint density at radius 1 is 0.925 bits per heavy atom. The molecule has 208 valence electrons. The third kappa shape index (κ3) is 6.35. The van der Waals surface area contributed by atoms with Crippen LogP contribution in [0.1, 0.15) is 24.5 Å². The molecular weight excluding hydrogens is 554 g/mol. The third-order valence-corrected chi connectivity index (χ3v) is 6.84. The molecule has 15 nitrogen and oxygen atoms in total. The zero-order chi connectivity index (χ0) is 29.0. The summed E-state index contributed by atoms with van der Waals surface area (Å²) in [5.74, 6) is -2.24. The van der Waals surface area contributed by atoms with Crippen LogP contribution in [0.2, 0.25) is 0 Å². The first-order valence-corrected chi connectivity index (χ1v) is 12.3. The van der Waals surface area contributed by atoms with Crippen molar-refractivity contribution in [3.05, 3.63) is 90.5 Å². The van der Waals surface area contributed by atoms with Crippen LogP contribution >= 0.6 is 11.8 Å². The topological polar surface area (TPSA) is 195 Å². The molecule has 0 spiro atoms. The average molecular weight is 573 g/mol. The van der Waals surface area contributed by atoms with Crippen molar-refractivity contribution in [1.82, 2.24) is 4.90 Å². The van der Waals surface area contributed by atoms with Gasteiger partial charge in [-0.05, 0) is 35.4 Å². The number of fused-ring (bicyclic) bond motifs is 1. The van der Waals surface area contributed by atoms with Gasteiger partial charge in [-0.1, -0.05) is 11.8 Å². The Balaban J connectivity index is 1.48.